The number of nitriles is 1. The van der Waals surface area contributed by atoms with Crippen LogP contribution in [-0.4, -0.2) is 13.2 Å². The Labute approximate surface area is 90.0 Å². The quantitative estimate of drug-likeness (QED) is 0.618. The molecule has 0 spiro atoms. The van der Waals surface area contributed by atoms with E-state index in [0.717, 1.165) is 0 Å². The molecule has 0 heterocycles. The van der Waals surface area contributed by atoms with E-state index in [1.54, 1.807) is 0 Å². The zero-order chi connectivity index (χ0) is 11.7. The van der Waals surface area contributed by atoms with Crippen LogP contribution in [0, 0.1) is 17.1 Å². The lowest BCUT2D eigenvalue weighted by atomic mass is 10.1. The Balaban J connectivity index is 3.26. The van der Waals surface area contributed by atoms with Crippen molar-refractivity contribution in [2.45, 2.75) is 24.9 Å². The van der Waals surface area contributed by atoms with Crippen LogP contribution in [0.1, 0.15) is 5.56 Å². The highest BCUT2D eigenvalue weighted by Gasteiger charge is 2.43. The fourth-order valence-electron chi connectivity index (χ4n) is 1.36. The molecular formula is C11H14FNOSi. The van der Waals surface area contributed by atoms with Crippen LogP contribution in [0.15, 0.2) is 24.3 Å². The van der Waals surface area contributed by atoms with Crippen molar-refractivity contribution in [2.75, 3.05) is 0 Å². The molecule has 1 N–H and O–H groups in total. The highest BCUT2D eigenvalue weighted by molar-refractivity contribution is 6.79. The van der Waals surface area contributed by atoms with Crippen LogP contribution >= 0.6 is 0 Å². The van der Waals surface area contributed by atoms with Crippen LogP contribution in [-0.2, 0) is 5.22 Å². The average molecular weight is 223 g/mol. The smallest absolute Gasteiger partial charge is 0.161 e. The maximum absolute atomic E-state index is 12.7. The molecule has 0 aliphatic heterocycles. The van der Waals surface area contributed by atoms with E-state index in [1.807, 2.05) is 25.7 Å². The molecule has 1 aromatic rings. The summed E-state index contributed by atoms with van der Waals surface area (Å²) in [5, 5.41) is 17.9. The second-order valence-electron chi connectivity index (χ2n) is 4.58. The molecule has 15 heavy (non-hydrogen) atoms. The Bertz CT molecular complexity index is 391. The van der Waals surface area contributed by atoms with Crippen LogP contribution < -0.4 is 0 Å². The van der Waals surface area contributed by atoms with Crippen molar-refractivity contribution in [3.63, 3.8) is 0 Å². The van der Waals surface area contributed by atoms with Gasteiger partial charge in [-0.25, -0.2) is 4.39 Å². The first-order valence-corrected chi connectivity index (χ1v) is 8.21. The summed E-state index contributed by atoms with van der Waals surface area (Å²) in [6.07, 6.45) is 0. The minimum atomic E-state index is -2.10. The van der Waals surface area contributed by atoms with Crippen LogP contribution in [0.3, 0.4) is 0 Å². The Morgan fingerprint density at radius 3 is 2.07 bits per heavy atom. The summed E-state index contributed by atoms with van der Waals surface area (Å²) in [6.45, 7) is 5.71. The van der Waals surface area contributed by atoms with Crippen LogP contribution in [0.2, 0.25) is 19.6 Å². The summed E-state index contributed by atoms with van der Waals surface area (Å²) in [5.74, 6) is -0.366. The standard InChI is InChI=1S/C11H14FNOSi/c1-15(2,3)11(14,8-13)9-4-6-10(12)7-5-9/h4-7,14H,1-3H3. The highest BCUT2D eigenvalue weighted by Crippen LogP contribution is 2.31. The van der Waals surface area contributed by atoms with Gasteiger partial charge in [-0.2, -0.15) is 5.26 Å². The van der Waals surface area contributed by atoms with E-state index < -0.39 is 13.3 Å². The maximum atomic E-state index is 12.7. The molecular weight excluding hydrogens is 209 g/mol. The number of aliphatic hydroxyl groups is 1. The van der Waals surface area contributed by atoms with E-state index in [9.17, 15) is 9.50 Å². The molecule has 1 aromatic carbocycles. The van der Waals surface area contributed by atoms with Crippen LogP contribution in [0.4, 0.5) is 4.39 Å². The van der Waals surface area contributed by atoms with Gasteiger partial charge in [0.15, 0.2) is 5.22 Å². The van der Waals surface area contributed by atoms with Crippen molar-refractivity contribution in [1.29, 1.82) is 5.26 Å². The Kier molecular flexibility index (Phi) is 2.98. The zero-order valence-electron chi connectivity index (χ0n) is 9.08. The molecule has 4 heteroatoms. The summed E-state index contributed by atoms with van der Waals surface area (Å²) in [4.78, 5) is 0. The molecule has 80 valence electrons. The third kappa shape index (κ3) is 2.09. The first-order valence-electron chi connectivity index (χ1n) is 4.71. The topological polar surface area (TPSA) is 44.0 Å². The first kappa shape index (κ1) is 11.9. The Hall–Kier alpha value is -1.18. The third-order valence-corrected chi connectivity index (χ3v) is 5.08. The van der Waals surface area contributed by atoms with Crippen molar-refractivity contribution in [3.8, 4) is 6.07 Å². The monoisotopic (exact) mass is 223 g/mol. The number of halogens is 1. The number of hydrogen-bond acceptors (Lipinski definition) is 2. The predicted octanol–water partition coefficient (Wildman–Crippen LogP) is 2.41. The van der Waals surface area contributed by atoms with E-state index >= 15 is 0 Å². The van der Waals surface area contributed by atoms with Gasteiger partial charge in [0, 0.05) is 0 Å². The molecule has 1 unspecified atom stereocenters. The molecule has 0 bridgehead atoms. The van der Waals surface area contributed by atoms with Gasteiger partial charge in [0.1, 0.15) is 13.9 Å². The fourth-order valence-corrected chi connectivity index (χ4v) is 2.72. The second kappa shape index (κ2) is 3.76. The lowest BCUT2D eigenvalue weighted by molar-refractivity contribution is 0.175. The van der Waals surface area contributed by atoms with Gasteiger partial charge in [0.2, 0.25) is 0 Å². The number of nitrogens with zero attached hydrogens (tertiary/aromatic N) is 1. The summed E-state index contributed by atoms with van der Waals surface area (Å²) >= 11 is 0. The maximum Gasteiger partial charge on any atom is 0.161 e. The van der Waals surface area contributed by atoms with E-state index in [-0.39, 0.29) is 5.82 Å². The molecule has 1 rings (SSSR count). The number of hydrogen-bond donors (Lipinski definition) is 1. The third-order valence-electron chi connectivity index (χ3n) is 2.51. The normalized spacial score (nSPS) is 15.5. The van der Waals surface area contributed by atoms with Crippen molar-refractivity contribution in [3.05, 3.63) is 35.6 Å². The molecule has 1 atom stereocenters. The minimum Gasteiger partial charge on any atom is -0.375 e. The molecule has 0 saturated heterocycles. The summed E-state index contributed by atoms with van der Waals surface area (Å²) < 4.78 is 12.7. The van der Waals surface area contributed by atoms with Gasteiger partial charge in [-0.1, -0.05) is 31.8 Å². The molecule has 2 nitrogen and oxygen atoms in total. The number of rotatable bonds is 2. The molecule has 0 radical (unpaired) electrons. The SMILES string of the molecule is C[Si](C)(C)C(O)(C#N)c1ccc(F)cc1. The molecule has 0 aliphatic carbocycles. The summed E-state index contributed by atoms with van der Waals surface area (Å²) in [5.41, 5.74) is 0.477. The second-order valence-corrected chi connectivity index (χ2v) is 9.80. The van der Waals surface area contributed by atoms with E-state index in [1.165, 1.54) is 24.3 Å². The van der Waals surface area contributed by atoms with Gasteiger partial charge < -0.3 is 5.11 Å². The predicted molar refractivity (Wildman–Crippen MR) is 59.3 cm³/mol. The average Bonchev–Trinajstić information content (AvgIpc) is 2.16. The van der Waals surface area contributed by atoms with Crippen molar-refractivity contribution in [1.82, 2.24) is 0 Å². The van der Waals surface area contributed by atoms with Crippen molar-refractivity contribution < 1.29 is 9.50 Å². The van der Waals surface area contributed by atoms with Gasteiger partial charge in [0.25, 0.3) is 0 Å². The van der Waals surface area contributed by atoms with E-state index in [4.69, 9.17) is 5.26 Å². The van der Waals surface area contributed by atoms with Gasteiger partial charge in [-0.3, -0.25) is 0 Å². The Morgan fingerprint density at radius 1 is 1.27 bits per heavy atom. The fraction of sp³-hybridized carbons (Fsp3) is 0.364. The molecule has 0 fully saturated rings. The van der Waals surface area contributed by atoms with Crippen molar-refractivity contribution in [2.24, 2.45) is 0 Å². The Morgan fingerprint density at radius 2 is 1.73 bits per heavy atom. The first-order chi connectivity index (χ1) is 6.81. The lowest BCUT2D eigenvalue weighted by Gasteiger charge is -2.32. The molecule has 0 saturated carbocycles. The molecule has 0 aromatic heterocycles. The largest absolute Gasteiger partial charge is 0.375 e. The zero-order valence-corrected chi connectivity index (χ0v) is 10.1. The lowest BCUT2D eigenvalue weighted by Crippen LogP contribution is -2.48. The van der Waals surface area contributed by atoms with Crippen LogP contribution in [0.25, 0.3) is 0 Å². The summed E-state index contributed by atoms with van der Waals surface area (Å²) in [7, 11) is -2.10. The highest BCUT2D eigenvalue weighted by atomic mass is 28.3. The van der Waals surface area contributed by atoms with Gasteiger partial charge in [0.05, 0.1) is 6.07 Å². The van der Waals surface area contributed by atoms with Gasteiger partial charge >= 0.3 is 0 Å². The van der Waals surface area contributed by atoms with Gasteiger partial charge in [-0.15, -0.1) is 0 Å². The number of benzene rings is 1. The molecule has 0 amide bonds. The van der Waals surface area contributed by atoms with E-state index in [0.29, 0.717) is 5.56 Å². The minimum absolute atomic E-state index is 0.366. The van der Waals surface area contributed by atoms with Gasteiger partial charge in [-0.05, 0) is 17.7 Å². The summed E-state index contributed by atoms with van der Waals surface area (Å²) in [6, 6.07) is 7.41. The van der Waals surface area contributed by atoms with Crippen molar-refractivity contribution >= 4 is 8.07 Å². The molecule has 0 aliphatic rings. The van der Waals surface area contributed by atoms with Crippen LogP contribution in [0.5, 0.6) is 0 Å². The van der Waals surface area contributed by atoms with E-state index in [2.05, 4.69) is 0 Å².